The summed E-state index contributed by atoms with van der Waals surface area (Å²) in [6, 6.07) is 1.89. The summed E-state index contributed by atoms with van der Waals surface area (Å²) in [6.45, 7) is 16.0. The Hall–Kier alpha value is -0.410. The van der Waals surface area contributed by atoms with E-state index < -0.39 is 0 Å². The standard InChI is InChI=1S/C14H29N3/c1-6-13(9-15-5)12(4)17-8-7-14(10-17)16-11(2)3/h11-14,16H,5-10H2,1-4H3/t12-,13?,14?/m1/s1. The fourth-order valence-electron chi connectivity index (χ4n) is 2.85. The second kappa shape index (κ2) is 7.12. The first-order valence-corrected chi connectivity index (χ1v) is 7.01. The smallest absolute Gasteiger partial charge is 0.0425 e. The Morgan fingerprint density at radius 1 is 1.41 bits per heavy atom. The minimum absolute atomic E-state index is 0.590. The van der Waals surface area contributed by atoms with Gasteiger partial charge in [0.05, 0.1) is 0 Å². The Labute approximate surface area is 107 Å². The maximum Gasteiger partial charge on any atom is 0.0425 e. The molecule has 1 rings (SSSR count). The first kappa shape index (κ1) is 14.7. The van der Waals surface area contributed by atoms with Crippen LogP contribution in [-0.2, 0) is 0 Å². The lowest BCUT2D eigenvalue weighted by atomic mass is 9.97. The third-order valence-electron chi connectivity index (χ3n) is 3.93. The van der Waals surface area contributed by atoms with Gasteiger partial charge in [-0.15, -0.1) is 0 Å². The maximum atomic E-state index is 4.07. The van der Waals surface area contributed by atoms with Crippen LogP contribution in [0.2, 0.25) is 0 Å². The fraction of sp³-hybridized carbons (Fsp3) is 0.929. The summed E-state index contributed by atoms with van der Waals surface area (Å²) in [5, 5.41) is 3.64. The van der Waals surface area contributed by atoms with Crippen molar-refractivity contribution in [3.8, 4) is 0 Å². The highest BCUT2D eigenvalue weighted by Gasteiger charge is 2.29. The molecule has 1 saturated heterocycles. The van der Waals surface area contributed by atoms with Gasteiger partial charge in [-0.3, -0.25) is 4.90 Å². The molecule has 3 heteroatoms. The first-order valence-electron chi connectivity index (χ1n) is 7.01. The van der Waals surface area contributed by atoms with Crippen molar-refractivity contribution in [3.63, 3.8) is 0 Å². The van der Waals surface area contributed by atoms with Crippen LogP contribution in [0.1, 0.15) is 40.5 Å². The normalized spacial score (nSPS) is 25.1. The molecule has 0 aromatic carbocycles. The van der Waals surface area contributed by atoms with Crippen LogP contribution in [0.5, 0.6) is 0 Å². The van der Waals surface area contributed by atoms with Gasteiger partial charge in [-0.05, 0) is 26.0 Å². The summed E-state index contributed by atoms with van der Waals surface area (Å²) in [5.41, 5.74) is 0. The van der Waals surface area contributed by atoms with E-state index in [2.05, 4.69) is 49.6 Å². The van der Waals surface area contributed by atoms with E-state index in [9.17, 15) is 0 Å². The van der Waals surface area contributed by atoms with Crippen molar-refractivity contribution in [1.82, 2.24) is 10.2 Å². The largest absolute Gasteiger partial charge is 0.310 e. The van der Waals surface area contributed by atoms with Crippen LogP contribution in [0.3, 0.4) is 0 Å². The zero-order valence-electron chi connectivity index (χ0n) is 11.9. The molecule has 1 heterocycles. The number of likely N-dealkylation sites (tertiary alicyclic amines) is 1. The minimum Gasteiger partial charge on any atom is -0.310 e. The number of aliphatic imine (C=N–C) groups is 1. The molecule has 0 bridgehead atoms. The van der Waals surface area contributed by atoms with E-state index in [0.717, 1.165) is 6.54 Å². The number of nitrogens with one attached hydrogen (secondary N) is 1. The van der Waals surface area contributed by atoms with Gasteiger partial charge >= 0.3 is 0 Å². The molecule has 0 saturated carbocycles. The van der Waals surface area contributed by atoms with Gasteiger partial charge in [0, 0.05) is 37.8 Å². The summed E-state index contributed by atoms with van der Waals surface area (Å²) < 4.78 is 0. The zero-order chi connectivity index (χ0) is 12.8. The molecule has 0 aliphatic carbocycles. The van der Waals surface area contributed by atoms with Crippen LogP contribution in [0, 0.1) is 5.92 Å². The molecule has 100 valence electrons. The zero-order valence-corrected chi connectivity index (χ0v) is 11.9. The van der Waals surface area contributed by atoms with Crippen molar-refractivity contribution in [3.05, 3.63) is 0 Å². The van der Waals surface area contributed by atoms with Gasteiger partial charge in [0.2, 0.25) is 0 Å². The van der Waals surface area contributed by atoms with Crippen molar-refractivity contribution in [2.75, 3.05) is 19.6 Å². The minimum atomic E-state index is 0.590. The van der Waals surface area contributed by atoms with Crippen molar-refractivity contribution >= 4 is 6.72 Å². The number of hydrogen-bond donors (Lipinski definition) is 1. The molecule has 3 atom stereocenters. The lowest BCUT2D eigenvalue weighted by molar-refractivity contribution is 0.184. The predicted octanol–water partition coefficient (Wildman–Crippen LogP) is 2.17. The highest BCUT2D eigenvalue weighted by atomic mass is 15.2. The molecular formula is C14H29N3. The molecule has 2 unspecified atom stereocenters. The molecule has 1 aliphatic rings. The van der Waals surface area contributed by atoms with E-state index in [0.29, 0.717) is 24.0 Å². The Kier molecular flexibility index (Phi) is 6.14. The first-order chi connectivity index (χ1) is 8.08. The van der Waals surface area contributed by atoms with Gasteiger partial charge < -0.3 is 10.3 Å². The molecular weight excluding hydrogens is 210 g/mol. The van der Waals surface area contributed by atoms with Gasteiger partial charge in [-0.1, -0.05) is 27.2 Å². The van der Waals surface area contributed by atoms with Crippen LogP contribution < -0.4 is 5.32 Å². The Morgan fingerprint density at radius 2 is 2.12 bits per heavy atom. The van der Waals surface area contributed by atoms with Crippen molar-refractivity contribution in [1.29, 1.82) is 0 Å². The highest BCUT2D eigenvalue weighted by molar-refractivity contribution is 5.23. The van der Waals surface area contributed by atoms with E-state index in [1.54, 1.807) is 0 Å². The summed E-state index contributed by atoms with van der Waals surface area (Å²) in [7, 11) is 0. The molecule has 0 aromatic rings. The average Bonchev–Trinajstić information content (AvgIpc) is 2.72. The molecule has 0 aromatic heterocycles. The second-order valence-electron chi connectivity index (χ2n) is 5.62. The fourth-order valence-corrected chi connectivity index (χ4v) is 2.85. The number of rotatable bonds is 7. The molecule has 1 N–H and O–H groups in total. The molecule has 1 aliphatic heterocycles. The van der Waals surface area contributed by atoms with Crippen molar-refractivity contribution in [2.24, 2.45) is 10.9 Å². The summed E-state index contributed by atoms with van der Waals surface area (Å²) in [5.74, 6) is 0.658. The molecule has 3 nitrogen and oxygen atoms in total. The quantitative estimate of drug-likeness (QED) is 0.690. The van der Waals surface area contributed by atoms with Gasteiger partial charge in [-0.2, -0.15) is 0 Å². The summed E-state index contributed by atoms with van der Waals surface area (Å²) >= 11 is 0. The topological polar surface area (TPSA) is 27.6 Å². The summed E-state index contributed by atoms with van der Waals surface area (Å²) in [4.78, 5) is 6.68. The molecule has 0 radical (unpaired) electrons. The lowest BCUT2D eigenvalue weighted by Crippen LogP contribution is -2.42. The average molecular weight is 239 g/mol. The van der Waals surface area contributed by atoms with E-state index in [1.165, 1.54) is 25.9 Å². The summed E-state index contributed by atoms with van der Waals surface area (Å²) in [6.07, 6.45) is 2.47. The van der Waals surface area contributed by atoms with Gasteiger partial charge in [0.1, 0.15) is 0 Å². The highest BCUT2D eigenvalue weighted by Crippen LogP contribution is 2.20. The predicted molar refractivity (Wildman–Crippen MR) is 75.9 cm³/mol. The van der Waals surface area contributed by atoms with E-state index >= 15 is 0 Å². The van der Waals surface area contributed by atoms with Crippen molar-refractivity contribution < 1.29 is 0 Å². The van der Waals surface area contributed by atoms with Gasteiger partial charge in [0.15, 0.2) is 0 Å². The third-order valence-corrected chi connectivity index (χ3v) is 3.93. The van der Waals surface area contributed by atoms with Crippen LogP contribution >= 0.6 is 0 Å². The molecule has 1 fully saturated rings. The SMILES string of the molecule is C=NCC(CC)[C@@H](C)N1CCC(NC(C)C)C1. The molecule has 17 heavy (non-hydrogen) atoms. The number of hydrogen-bond acceptors (Lipinski definition) is 3. The van der Waals surface area contributed by atoms with Crippen LogP contribution in [0.15, 0.2) is 4.99 Å². The second-order valence-corrected chi connectivity index (χ2v) is 5.62. The molecule has 0 amide bonds. The maximum absolute atomic E-state index is 4.07. The number of nitrogens with zero attached hydrogens (tertiary/aromatic N) is 2. The van der Waals surface area contributed by atoms with Gasteiger partial charge in [-0.25, -0.2) is 0 Å². The van der Waals surface area contributed by atoms with E-state index in [4.69, 9.17) is 0 Å². The van der Waals surface area contributed by atoms with E-state index in [-0.39, 0.29) is 0 Å². The Balaban J connectivity index is 2.43. The van der Waals surface area contributed by atoms with E-state index in [1.807, 2.05) is 0 Å². The Morgan fingerprint density at radius 3 is 2.65 bits per heavy atom. The van der Waals surface area contributed by atoms with Crippen LogP contribution in [-0.4, -0.2) is 49.4 Å². The van der Waals surface area contributed by atoms with Crippen molar-refractivity contribution in [2.45, 2.75) is 58.7 Å². The van der Waals surface area contributed by atoms with Crippen LogP contribution in [0.25, 0.3) is 0 Å². The lowest BCUT2D eigenvalue weighted by Gasteiger charge is -2.30. The van der Waals surface area contributed by atoms with Gasteiger partial charge in [0.25, 0.3) is 0 Å². The monoisotopic (exact) mass is 239 g/mol. The Bertz CT molecular complexity index is 228. The van der Waals surface area contributed by atoms with Crippen LogP contribution in [0.4, 0.5) is 0 Å². The third kappa shape index (κ3) is 4.40. The molecule has 0 spiro atoms.